The zero-order valence-electron chi connectivity index (χ0n) is 23.9. The lowest BCUT2D eigenvalue weighted by atomic mass is 9.96. The molecule has 238 valence electrons. The molecule has 1 fully saturated rings. The fourth-order valence-corrected chi connectivity index (χ4v) is 4.58. The molecule has 2 amide bonds. The second-order valence-corrected chi connectivity index (χ2v) is 10.2. The SMILES string of the molecule is COc1cc(C[C@@H]2CN[C@@H](C(=O)NC(C)C(=O)NCc3cc(Cl)ccc3-n3cnnn3)C2)cc(OC)c1.O=C(O)C(F)(F)F. The third-order valence-corrected chi connectivity index (χ3v) is 6.79. The highest BCUT2D eigenvalue weighted by Gasteiger charge is 2.38. The summed E-state index contributed by atoms with van der Waals surface area (Å²) in [4.78, 5) is 34.5. The Morgan fingerprint density at radius 1 is 1.16 bits per heavy atom. The average molecular weight is 642 g/mol. The van der Waals surface area contributed by atoms with Gasteiger partial charge in [0.25, 0.3) is 0 Å². The van der Waals surface area contributed by atoms with E-state index in [1.165, 1.54) is 11.0 Å². The van der Waals surface area contributed by atoms with Crippen molar-refractivity contribution in [2.24, 2.45) is 5.92 Å². The Balaban J connectivity index is 0.000000676. The molecule has 0 saturated carbocycles. The highest BCUT2D eigenvalue weighted by atomic mass is 35.5. The van der Waals surface area contributed by atoms with E-state index < -0.39 is 18.2 Å². The lowest BCUT2D eigenvalue weighted by Crippen LogP contribution is -2.50. The minimum absolute atomic E-state index is 0.197. The van der Waals surface area contributed by atoms with Crippen LogP contribution in [0.3, 0.4) is 0 Å². The van der Waals surface area contributed by atoms with Gasteiger partial charge in [-0.15, -0.1) is 5.10 Å². The number of halogens is 4. The van der Waals surface area contributed by atoms with E-state index in [0.29, 0.717) is 23.7 Å². The molecule has 1 aliphatic rings. The molecule has 0 bridgehead atoms. The summed E-state index contributed by atoms with van der Waals surface area (Å²) < 4.78 is 43.9. The first-order valence-corrected chi connectivity index (χ1v) is 13.5. The summed E-state index contributed by atoms with van der Waals surface area (Å²) >= 11 is 6.14. The lowest BCUT2D eigenvalue weighted by molar-refractivity contribution is -0.192. The number of benzene rings is 2. The first-order valence-electron chi connectivity index (χ1n) is 13.2. The fraction of sp³-hybridized carbons (Fsp3) is 0.407. The number of alkyl halides is 3. The van der Waals surface area contributed by atoms with E-state index in [1.807, 2.05) is 18.2 Å². The minimum atomic E-state index is -5.08. The van der Waals surface area contributed by atoms with Crippen LogP contribution in [0.2, 0.25) is 5.02 Å². The summed E-state index contributed by atoms with van der Waals surface area (Å²) in [7, 11) is 3.24. The monoisotopic (exact) mass is 641 g/mol. The third kappa shape index (κ3) is 9.80. The standard InChI is InChI=1S/C25H30ClN7O4.C2HF3O2/c1-15(24(34)28-13-18-10-19(26)4-5-23(18)33-14-29-31-32-33)30-25(35)22-9-17(12-27-22)6-16-7-20(36-2)11-21(8-16)37-3;3-2(4,5)1(6)7/h4-5,7-8,10-11,14-15,17,22,27H,6,9,12-13H2,1-3H3,(H,28,34)(H,30,35);(H,6,7)/t15?,17-,22+;/m0./s1. The highest BCUT2D eigenvalue weighted by Crippen LogP contribution is 2.27. The maximum absolute atomic E-state index is 12.9. The van der Waals surface area contributed by atoms with Gasteiger partial charge in [-0.2, -0.15) is 13.2 Å². The number of methoxy groups -OCH3 is 2. The molecule has 44 heavy (non-hydrogen) atoms. The van der Waals surface area contributed by atoms with Crippen LogP contribution in [0.25, 0.3) is 5.69 Å². The number of hydrogen-bond donors (Lipinski definition) is 4. The number of carbonyl (C=O) groups excluding carboxylic acids is 2. The van der Waals surface area contributed by atoms with Gasteiger partial charge in [-0.3, -0.25) is 9.59 Å². The lowest BCUT2D eigenvalue weighted by Gasteiger charge is -2.18. The van der Waals surface area contributed by atoms with Crippen molar-refractivity contribution in [3.63, 3.8) is 0 Å². The first kappa shape index (κ1) is 34.1. The summed E-state index contributed by atoms with van der Waals surface area (Å²) in [5.74, 6) is -1.54. The number of carbonyl (C=O) groups is 3. The molecular formula is C27H31ClF3N7O6. The molecule has 0 radical (unpaired) electrons. The van der Waals surface area contributed by atoms with Crippen LogP contribution in [0, 0.1) is 5.92 Å². The van der Waals surface area contributed by atoms with E-state index in [1.54, 1.807) is 39.3 Å². The van der Waals surface area contributed by atoms with Gasteiger partial charge in [0.15, 0.2) is 0 Å². The van der Waals surface area contributed by atoms with E-state index in [0.717, 1.165) is 29.0 Å². The van der Waals surface area contributed by atoms with Crippen LogP contribution in [-0.2, 0) is 27.3 Å². The topological polar surface area (TPSA) is 170 Å². The number of aromatic nitrogens is 4. The molecule has 3 atom stereocenters. The largest absolute Gasteiger partial charge is 0.497 e. The number of rotatable bonds is 10. The van der Waals surface area contributed by atoms with Gasteiger partial charge in [-0.25, -0.2) is 9.48 Å². The third-order valence-electron chi connectivity index (χ3n) is 6.56. The summed E-state index contributed by atoms with van der Waals surface area (Å²) in [6.45, 7) is 2.55. The first-order chi connectivity index (χ1) is 20.8. The normalized spacial score (nSPS) is 16.7. The number of nitrogens with one attached hydrogen (secondary N) is 3. The predicted octanol–water partition coefficient (Wildman–Crippen LogP) is 2.31. The number of amides is 2. The Labute approximate surface area is 255 Å². The van der Waals surface area contributed by atoms with Gasteiger partial charge >= 0.3 is 12.1 Å². The number of ether oxygens (including phenoxy) is 2. The number of tetrazole rings is 1. The van der Waals surface area contributed by atoms with Gasteiger partial charge in [-0.1, -0.05) is 11.6 Å². The Hall–Kier alpha value is -4.44. The highest BCUT2D eigenvalue weighted by molar-refractivity contribution is 6.30. The molecular weight excluding hydrogens is 611 g/mol. The van der Waals surface area contributed by atoms with Gasteiger partial charge in [0, 0.05) is 17.6 Å². The molecule has 13 nitrogen and oxygen atoms in total. The summed E-state index contributed by atoms with van der Waals surface area (Å²) in [5, 5.41) is 27.8. The van der Waals surface area contributed by atoms with Crippen molar-refractivity contribution in [1.82, 2.24) is 36.2 Å². The number of hydrogen-bond acceptors (Lipinski definition) is 9. The number of carboxylic acid groups (broad SMARTS) is 1. The maximum atomic E-state index is 12.9. The van der Waals surface area contributed by atoms with E-state index in [2.05, 4.69) is 31.5 Å². The summed E-state index contributed by atoms with van der Waals surface area (Å²) in [6.07, 6.45) is -2.18. The predicted molar refractivity (Wildman–Crippen MR) is 150 cm³/mol. The van der Waals surface area contributed by atoms with E-state index in [4.69, 9.17) is 31.0 Å². The Morgan fingerprint density at radius 2 is 1.82 bits per heavy atom. The maximum Gasteiger partial charge on any atom is 0.490 e. The van der Waals surface area contributed by atoms with E-state index in [9.17, 15) is 22.8 Å². The Bertz CT molecular complexity index is 1420. The second-order valence-electron chi connectivity index (χ2n) is 9.77. The number of carboxylic acids is 1. The van der Waals surface area contributed by atoms with E-state index >= 15 is 0 Å². The van der Waals surface area contributed by atoms with Crippen LogP contribution in [0.15, 0.2) is 42.7 Å². The number of nitrogens with zero attached hydrogens (tertiary/aromatic N) is 4. The van der Waals surface area contributed by atoms with Crippen LogP contribution in [0.5, 0.6) is 11.5 Å². The molecule has 2 heterocycles. The van der Waals surface area contributed by atoms with Crippen LogP contribution in [0.4, 0.5) is 13.2 Å². The summed E-state index contributed by atoms with van der Waals surface area (Å²) in [6, 6.07) is 9.94. The zero-order valence-corrected chi connectivity index (χ0v) is 24.6. The van der Waals surface area contributed by atoms with Crippen molar-refractivity contribution >= 4 is 29.4 Å². The average Bonchev–Trinajstić information content (AvgIpc) is 3.68. The van der Waals surface area contributed by atoms with Crippen LogP contribution in [0.1, 0.15) is 24.5 Å². The fourth-order valence-electron chi connectivity index (χ4n) is 4.39. The molecule has 0 aliphatic carbocycles. The molecule has 4 rings (SSSR count). The quantitative estimate of drug-likeness (QED) is 0.258. The van der Waals surface area contributed by atoms with Crippen LogP contribution in [-0.4, -0.2) is 82.1 Å². The molecule has 3 aromatic rings. The van der Waals surface area contributed by atoms with Crippen LogP contribution < -0.4 is 25.4 Å². The van der Waals surface area contributed by atoms with Crippen molar-refractivity contribution < 1.29 is 42.1 Å². The van der Waals surface area contributed by atoms with Gasteiger partial charge in [-0.05, 0) is 84.1 Å². The number of aliphatic carboxylic acids is 1. The van der Waals surface area contributed by atoms with Gasteiger partial charge in [0.1, 0.15) is 23.9 Å². The van der Waals surface area contributed by atoms with Gasteiger partial charge in [0.05, 0.1) is 25.9 Å². The molecule has 1 aliphatic heterocycles. The molecule has 2 aromatic carbocycles. The second kappa shape index (κ2) is 15.3. The molecule has 17 heteroatoms. The zero-order chi connectivity index (χ0) is 32.4. The molecule has 1 unspecified atom stereocenters. The van der Waals surface area contributed by atoms with Gasteiger partial charge < -0.3 is 30.5 Å². The van der Waals surface area contributed by atoms with E-state index in [-0.39, 0.29) is 30.3 Å². The molecule has 4 N–H and O–H groups in total. The Kier molecular flexibility index (Phi) is 11.9. The molecule has 1 saturated heterocycles. The Morgan fingerprint density at radius 3 is 2.39 bits per heavy atom. The van der Waals surface area contributed by atoms with Crippen LogP contribution >= 0.6 is 11.6 Å². The van der Waals surface area contributed by atoms with Crippen molar-refractivity contribution in [2.45, 2.75) is 44.6 Å². The van der Waals surface area contributed by atoms with Crippen molar-refractivity contribution in [2.75, 3.05) is 20.8 Å². The van der Waals surface area contributed by atoms with Crippen molar-refractivity contribution in [3.05, 3.63) is 58.9 Å². The summed E-state index contributed by atoms with van der Waals surface area (Å²) in [5.41, 5.74) is 2.52. The van der Waals surface area contributed by atoms with Crippen molar-refractivity contribution in [3.8, 4) is 17.2 Å². The van der Waals surface area contributed by atoms with Crippen molar-refractivity contribution in [1.29, 1.82) is 0 Å². The smallest absolute Gasteiger partial charge is 0.490 e. The van der Waals surface area contributed by atoms with Gasteiger partial charge in [0.2, 0.25) is 11.8 Å². The molecule has 1 aromatic heterocycles. The molecule has 0 spiro atoms. The minimum Gasteiger partial charge on any atom is -0.497 e.